The van der Waals surface area contributed by atoms with Crippen molar-refractivity contribution in [3.05, 3.63) is 66.1 Å². The Morgan fingerprint density at radius 2 is 1.68 bits per heavy atom. The van der Waals surface area contributed by atoms with Crippen molar-refractivity contribution in [2.75, 3.05) is 0 Å². The second-order valence-electron chi connectivity index (χ2n) is 8.86. The first-order valence-corrected chi connectivity index (χ1v) is 12.6. The molecule has 0 saturated heterocycles. The fourth-order valence-electron chi connectivity index (χ4n) is 3.73. The van der Waals surface area contributed by atoms with Crippen LogP contribution in [0.3, 0.4) is 0 Å². The number of nitrogens with zero attached hydrogens (tertiary/aromatic N) is 1. The van der Waals surface area contributed by atoms with Crippen LogP contribution >= 0.6 is 0 Å². The minimum Gasteiger partial charge on any atom is -0.481 e. The molecule has 9 heteroatoms. The predicted molar refractivity (Wildman–Crippen MR) is 143 cm³/mol. The van der Waals surface area contributed by atoms with E-state index in [2.05, 4.69) is 20.9 Å². The highest BCUT2D eigenvalue weighted by Gasteiger charge is 2.29. The zero-order valence-electron chi connectivity index (χ0n) is 21.8. The van der Waals surface area contributed by atoms with E-state index in [9.17, 15) is 24.3 Å². The van der Waals surface area contributed by atoms with E-state index in [1.165, 1.54) is 0 Å². The van der Waals surface area contributed by atoms with Gasteiger partial charge in [0.15, 0.2) is 0 Å². The fraction of sp³-hybridized carbons (Fsp3) is 0.393. The first kappa shape index (κ1) is 29.2. The second kappa shape index (κ2) is 14.5. The molecule has 0 fully saturated rings. The van der Waals surface area contributed by atoms with Gasteiger partial charge in [-0.1, -0.05) is 64.1 Å². The number of aliphatic carboxylic acids is 1. The van der Waals surface area contributed by atoms with E-state index >= 15 is 0 Å². The van der Waals surface area contributed by atoms with E-state index in [0.717, 1.165) is 23.6 Å². The van der Waals surface area contributed by atoms with Crippen molar-refractivity contribution in [3.63, 3.8) is 0 Å². The van der Waals surface area contributed by atoms with Crippen molar-refractivity contribution in [2.45, 2.75) is 65.5 Å². The zero-order chi connectivity index (χ0) is 27.4. The smallest absolute Gasteiger partial charge is 0.305 e. The molecule has 1 aromatic carbocycles. The number of allylic oxidation sites excluding steroid dienone is 3. The van der Waals surface area contributed by atoms with Gasteiger partial charge >= 0.3 is 5.97 Å². The highest BCUT2D eigenvalue weighted by Crippen LogP contribution is 2.14. The van der Waals surface area contributed by atoms with Gasteiger partial charge in [0.2, 0.25) is 11.8 Å². The Hall–Kier alpha value is -4.01. The first-order chi connectivity index (χ1) is 17.7. The fourth-order valence-corrected chi connectivity index (χ4v) is 3.73. The van der Waals surface area contributed by atoms with Gasteiger partial charge in [0.25, 0.3) is 5.91 Å². The van der Waals surface area contributed by atoms with Crippen LogP contribution in [0.2, 0.25) is 0 Å². The maximum atomic E-state index is 13.1. The lowest BCUT2D eigenvalue weighted by atomic mass is 10.0. The van der Waals surface area contributed by atoms with E-state index in [-0.39, 0.29) is 11.6 Å². The summed E-state index contributed by atoms with van der Waals surface area (Å²) in [5.41, 5.74) is 0.710. The molecule has 0 bridgehead atoms. The van der Waals surface area contributed by atoms with Crippen LogP contribution in [-0.2, 0) is 14.4 Å². The normalized spacial score (nSPS) is 14.0. The van der Waals surface area contributed by atoms with Gasteiger partial charge in [-0.05, 0) is 42.7 Å². The molecule has 0 saturated carbocycles. The highest BCUT2D eigenvalue weighted by atomic mass is 16.4. The number of aromatic nitrogens is 1. The molecule has 2 atom stereocenters. The molecule has 1 aromatic heterocycles. The number of carboxylic acid groups (broad SMARTS) is 1. The quantitative estimate of drug-likeness (QED) is 0.386. The third-order valence-corrected chi connectivity index (χ3v) is 5.47. The van der Waals surface area contributed by atoms with Gasteiger partial charge in [-0.2, -0.15) is 0 Å². The Labute approximate surface area is 217 Å². The summed E-state index contributed by atoms with van der Waals surface area (Å²) < 4.78 is 0. The Balaban J connectivity index is 0.00000235. The van der Waals surface area contributed by atoms with Gasteiger partial charge in [-0.15, -0.1) is 0 Å². The Morgan fingerprint density at radius 1 is 0.973 bits per heavy atom. The summed E-state index contributed by atoms with van der Waals surface area (Å²) in [6, 6.07) is 6.82. The molecule has 2 unspecified atom stereocenters. The van der Waals surface area contributed by atoms with Crippen molar-refractivity contribution >= 4 is 34.5 Å². The molecule has 9 nitrogen and oxygen atoms in total. The molecule has 1 heterocycles. The van der Waals surface area contributed by atoms with Gasteiger partial charge in [0, 0.05) is 17.3 Å². The molecular formula is C28H36N4O5. The molecule has 2 aromatic rings. The lowest BCUT2D eigenvalue weighted by Gasteiger charge is -2.24. The van der Waals surface area contributed by atoms with E-state index in [0.29, 0.717) is 12.1 Å². The number of pyridine rings is 1. The van der Waals surface area contributed by atoms with Gasteiger partial charge in [0.05, 0.1) is 6.42 Å². The van der Waals surface area contributed by atoms with E-state index in [1.807, 2.05) is 64.1 Å². The minimum absolute atomic E-state index is 0.0416. The molecule has 198 valence electrons. The SMILES string of the molecule is CC.CC(C)CC(NC(=O)c1cc2ccccc2cn1)C(=O)NC(CC(=O)O)C(=O)NC1=CCCC=C1. The number of carbonyl (C=O) groups excluding carboxylic acids is 3. The molecule has 0 aliphatic heterocycles. The summed E-state index contributed by atoms with van der Waals surface area (Å²) >= 11 is 0. The Bertz CT molecular complexity index is 1170. The maximum absolute atomic E-state index is 13.1. The Kier molecular flexibility index (Phi) is 11.5. The van der Waals surface area contributed by atoms with Gasteiger partial charge in [-0.25, -0.2) is 0 Å². The number of rotatable bonds is 10. The molecule has 4 N–H and O–H groups in total. The van der Waals surface area contributed by atoms with Crippen molar-refractivity contribution < 1.29 is 24.3 Å². The number of nitrogens with one attached hydrogen (secondary N) is 3. The standard InChI is InChI=1S/C26H30N4O5.C2H6/c1-16(2)12-21(29-24(33)20-13-17-8-6-7-9-18(17)15-27-20)26(35)30-22(14-23(31)32)25(34)28-19-10-4-3-5-11-19;1-2/h4,6-11,13,15-16,21-22H,3,5,12,14H2,1-2H3,(H,28,34)(H,29,33)(H,30,35)(H,31,32);1-2H3. The summed E-state index contributed by atoms with van der Waals surface area (Å²) in [5, 5.41) is 18.9. The summed E-state index contributed by atoms with van der Waals surface area (Å²) in [5.74, 6) is -3.00. The predicted octanol–water partition coefficient (Wildman–Crippen LogP) is 3.72. The third kappa shape index (κ3) is 9.18. The van der Waals surface area contributed by atoms with Crippen molar-refractivity contribution in [3.8, 4) is 0 Å². The van der Waals surface area contributed by atoms with Crippen molar-refractivity contribution in [1.82, 2.24) is 20.9 Å². The number of amides is 3. The molecule has 0 spiro atoms. The summed E-state index contributed by atoms with van der Waals surface area (Å²) in [6.45, 7) is 7.79. The van der Waals surface area contributed by atoms with Crippen LogP contribution in [0.5, 0.6) is 0 Å². The maximum Gasteiger partial charge on any atom is 0.305 e. The highest BCUT2D eigenvalue weighted by molar-refractivity contribution is 6.00. The molecule has 0 radical (unpaired) electrons. The number of carboxylic acids is 1. The summed E-state index contributed by atoms with van der Waals surface area (Å²) in [6.07, 6.45) is 8.36. The molecule has 3 rings (SSSR count). The number of hydrogen-bond donors (Lipinski definition) is 4. The Morgan fingerprint density at radius 3 is 2.30 bits per heavy atom. The average Bonchev–Trinajstić information content (AvgIpc) is 2.88. The van der Waals surface area contributed by atoms with Crippen LogP contribution in [-0.4, -0.2) is 45.9 Å². The molecule has 37 heavy (non-hydrogen) atoms. The minimum atomic E-state index is -1.30. The number of carbonyl (C=O) groups is 4. The molecule has 1 aliphatic carbocycles. The van der Waals surface area contributed by atoms with Crippen LogP contribution in [0.4, 0.5) is 0 Å². The van der Waals surface area contributed by atoms with Crippen molar-refractivity contribution in [2.24, 2.45) is 5.92 Å². The summed E-state index contributed by atoms with van der Waals surface area (Å²) in [7, 11) is 0. The van der Waals surface area contributed by atoms with Gasteiger partial charge in [-0.3, -0.25) is 24.2 Å². The number of fused-ring (bicyclic) bond motifs is 1. The van der Waals surface area contributed by atoms with E-state index in [1.54, 1.807) is 18.3 Å². The van der Waals surface area contributed by atoms with Crippen molar-refractivity contribution in [1.29, 1.82) is 0 Å². The van der Waals surface area contributed by atoms with Gasteiger partial charge < -0.3 is 21.1 Å². The third-order valence-electron chi connectivity index (χ3n) is 5.47. The second-order valence-corrected chi connectivity index (χ2v) is 8.86. The number of benzene rings is 1. The van der Waals surface area contributed by atoms with Crippen LogP contribution in [0.25, 0.3) is 10.8 Å². The van der Waals surface area contributed by atoms with E-state index < -0.39 is 42.2 Å². The van der Waals surface area contributed by atoms with Gasteiger partial charge in [0.1, 0.15) is 17.8 Å². The van der Waals surface area contributed by atoms with Crippen LogP contribution in [0.1, 0.15) is 63.9 Å². The lowest BCUT2D eigenvalue weighted by molar-refractivity contribution is -0.140. The van der Waals surface area contributed by atoms with E-state index in [4.69, 9.17) is 0 Å². The van der Waals surface area contributed by atoms with Crippen LogP contribution < -0.4 is 16.0 Å². The topological polar surface area (TPSA) is 137 Å². The zero-order valence-corrected chi connectivity index (χ0v) is 21.8. The lowest BCUT2D eigenvalue weighted by Crippen LogP contribution is -2.54. The van der Waals surface area contributed by atoms with Crippen LogP contribution in [0, 0.1) is 5.92 Å². The summed E-state index contributed by atoms with van der Waals surface area (Å²) in [4.78, 5) is 54.3. The monoisotopic (exact) mass is 508 g/mol. The first-order valence-electron chi connectivity index (χ1n) is 12.6. The molecule has 3 amide bonds. The molecule has 1 aliphatic rings. The average molecular weight is 509 g/mol. The largest absolute Gasteiger partial charge is 0.481 e. The van der Waals surface area contributed by atoms with Crippen LogP contribution in [0.15, 0.2) is 60.5 Å². The molecular weight excluding hydrogens is 472 g/mol. The number of hydrogen-bond acceptors (Lipinski definition) is 5.